The summed E-state index contributed by atoms with van der Waals surface area (Å²) in [7, 11) is 0. The van der Waals surface area contributed by atoms with E-state index in [9.17, 15) is 9.90 Å². The van der Waals surface area contributed by atoms with E-state index < -0.39 is 11.6 Å². The van der Waals surface area contributed by atoms with E-state index in [2.05, 4.69) is 20.9 Å². The van der Waals surface area contributed by atoms with Crippen molar-refractivity contribution in [3.8, 4) is 0 Å². The van der Waals surface area contributed by atoms with Gasteiger partial charge in [0.05, 0.1) is 11.8 Å². The topological polar surface area (TPSA) is 62.3 Å². The summed E-state index contributed by atoms with van der Waals surface area (Å²) in [5.41, 5.74) is -0.628. The average molecular weight is 364 g/mol. The molecule has 0 aliphatic carbocycles. The fourth-order valence-corrected chi connectivity index (χ4v) is 2.38. The van der Waals surface area contributed by atoms with Crippen molar-refractivity contribution in [1.29, 1.82) is 0 Å². The summed E-state index contributed by atoms with van der Waals surface area (Å²) < 4.78 is 6.10. The van der Waals surface area contributed by atoms with Crippen LogP contribution in [0.15, 0.2) is 53.1 Å². The summed E-state index contributed by atoms with van der Waals surface area (Å²) in [5, 5.41) is 10.8. The Kier molecular flexibility index (Phi) is 5.21. The first-order chi connectivity index (χ1) is 10.4. The lowest BCUT2D eigenvalue weighted by Gasteiger charge is -2.23. The summed E-state index contributed by atoms with van der Waals surface area (Å²) in [6.45, 7) is 3.48. The molecule has 0 spiro atoms. The molecule has 0 radical (unpaired) electrons. The third kappa shape index (κ3) is 3.87. The second-order valence-corrected chi connectivity index (χ2v) is 6.11. The highest BCUT2D eigenvalue weighted by Crippen LogP contribution is 2.25. The number of nitrogens with one attached hydrogen (secondary N) is 1. The van der Waals surface area contributed by atoms with Gasteiger partial charge in [0.15, 0.2) is 0 Å². The van der Waals surface area contributed by atoms with Gasteiger partial charge in [0.1, 0.15) is 0 Å². The Hall–Kier alpha value is -1.85. The third-order valence-electron chi connectivity index (χ3n) is 3.03. The average Bonchev–Trinajstić information content (AvgIpc) is 2.98. The van der Waals surface area contributed by atoms with Gasteiger partial charge in [-0.05, 0) is 49.8 Å². The Bertz CT molecular complexity index is 664. The Morgan fingerprint density at radius 2 is 2.14 bits per heavy atom. The number of hydrogen-bond donors (Lipinski definition) is 2. The lowest BCUT2D eigenvalue weighted by atomic mass is 9.98. The number of hydrogen-bond acceptors (Lipinski definition) is 3. The van der Waals surface area contributed by atoms with Crippen molar-refractivity contribution in [2.24, 2.45) is 0 Å². The molecule has 0 saturated carbocycles. The fourth-order valence-electron chi connectivity index (χ4n) is 1.97. The number of esters is 1. The number of ether oxygens (including phenoxy) is 1. The number of rotatable bonds is 5. The molecule has 1 aromatic carbocycles. The van der Waals surface area contributed by atoms with Gasteiger partial charge in [0.25, 0.3) is 0 Å². The van der Waals surface area contributed by atoms with Crippen LogP contribution in [0.5, 0.6) is 0 Å². The minimum absolute atomic E-state index is 0.312. The van der Waals surface area contributed by atoms with Crippen LogP contribution in [0.2, 0.25) is 0 Å². The minimum Gasteiger partial charge on any atom is -0.460 e. The largest absolute Gasteiger partial charge is 0.460 e. The lowest BCUT2D eigenvalue weighted by Crippen LogP contribution is -2.37. The Morgan fingerprint density at radius 3 is 2.73 bits per heavy atom. The maximum Gasteiger partial charge on any atom is 0.348 e. The van der Waals surface area contributed by atoms with Crippen LogP contribution >= 0.6 is 15.9 Å². The summed E-state index contributed by atoms with van der Waals surface area (Å²) >= 11 is 3.39. The van der Waals surface area contributed by atoms with E-state index in [1.807, 2.05) is 24.3 Å². The van der Waals surface area contributed by atoms with Crippen molar-refractivity contribution < 1.29 is 14.6 Å². The number of carbonyl (C=O) groups is 1. The van der Waals surface area contributed by atoms with Crippen molar-refractivity contribution in [3.63, 3.8) is 0 Å². The molecule has 2 aromatic rings. The van der Waals surface area contributed by atoms with Gasteiger partial charge in [-0.1, -0.05) is 34.1 Å². The predicted molar refractivity (Wildman–Crippen MR) is 89.1 cm³/mol. The molecule has 2 N–H and O–H groups in total. The Labute approximate surface area is 137 Å². The van der Waals surface area contributed by atoms with Crippen molar-refractivity contribution in [2.75, 3.05) is 0 Å². The van der Waals surface area contributed by atoms with Crippen molar-refractivity contribution in [3.05, 3.63) is 64.4 Å². The summed E-state index contributed by atoms with van der Waals surface area (Å²) in [6, 6.07) is 10.9. The van der Waals surface area contributed by atoms with E-state index in [0.29, 0.717) is 5.69 Å². The molecule has 1 atom stereocenters. The smallest absolute Gasteiger partial charge is 0.348 e. The molecule has 1 aromatic heterocycles. The number of aromatic nitrogens is 1. The van der Waals surface area contributed by atoms with Crippen LogP contribution in [-0.4, -0.2) is 22.2 Å². The van der Waals surface area contributed by atoms with Crippen molar-refractivity contribution in [2.45, 2.75) is 25.6 Å². The van der Waals surface area contributed by atoms with Crippen LogP contribution in [-0.2, 0) is 15.1 Å². The fraction of sp³-hybridized carbons (Fsp3) is 0.235. The number of carbonyl (C=O) groups excluding carboxylic acids is 1. The van der Waals surface area contributed by atoms with Crippen molar-refractivity contribution in [1.82, 2.24) is 4.98 Å². The van der Waals surface area contributed by atoms with Gasteiger partial charge in [-0.15, -0.1) is 0 Å². The SMILES string of the molecule is CC(C)OC(=O)[C@@](O)(/C=C/c1cccc(Br)c1)c1ccc[nH]1. The number of aromatic amines is 1. The van der Waals surface area contributed by atoms with E-state index in [0.717, 1.165) is 10.0 Å². The maximum absolute atomic E-state index is 12.3. The first-order valence-electron chi connectivity index (χ1n) is 6.94. The quantitative estimate of drug-likeness (QED) is 0.797. The Balaban J connectivity index is 2.35. The second kappa shape index (κ2) is 6.94. The van der Waals surface area contributed by atoms with Crippen LogP contribution in [0.4, 0.5) is 0 Å². The van der Waals surface area contributed by atoms with Crippen LogP contribution in [0.3, 0.4) is 0 Å². The normalized spacial score (nSPS) is 14.2. The first kappa shape index (κ1) is 16.5. The molecule has 5 heteroatoms. The molecule has 0 aliphatic rings. The molecule has 22 heavy (non-hydrogen) atoms. The van der Waals surface area contributed by atoms with Gasteiger partial charge in [-0.25, -0.2) is 4.79 Å². The highest BCUT2D eigenvalue weighted by molar-refractivity contribution is 9.10. The molecule has 0 aliphatic heterocycles. The van der Waals surface area contributed by atoms with Gasteiger partial charge in [-0.3, -0.25) is 0 Å². The monoisotopic (exact) mass is 363 g/mol. The van der Waals surface area contributed by atoms with E-state index in [-0.39, 0.29) is 6.10 Å². The number of halogens is 1. The van der Waals surface area contributed by atoms with Crippen molar-refractivity contribution >= 4 is 28.0 Å². The van der Waals surface area contributed by atoms with E-state index in [4.69, 9.17) is 4.74 Å². The summed E-state index contributed by atoms with van der Waals surface area (Å²) in [4.78, 5) is 15.2. The van der Waals surface area contributed by atoms with Gasteiger partial charge >= 0.3 is 5.97 Å². The molecule has 0 fully saturated rings. The molecule has 116 valence electrons. The molecule has 0 amide bonds. The summed E-state index contributed by atoms with van der Waals surface area (Å²) in [6.07, 6.45) is 4.46. The zero-order chi connectivity index (χ0) is 16.2. The molecule has 2 rings (SSSR count). The number of H-pyrrole nitrogens is 1. The van der Waals surface area contributed by atoms with Gasteiger partial charge in [0, 0.05) is 10.7 Å². The maximum atomic E-state index is 12.3. The molecule has 1 heterocycles. The lowest BCUT2D eigenvalue weighted by molar-refractivity contribution is -0.165. The van der Waals surface area contributed by atoms with Gasteiger partial charge < -0.3 is 14.8 Å². The molecule has 0 bridgehead atoms. The summed E-state index contributed by atoms with van der Waals surface area (Å²) in [5.74, 6) is -0.712. The van der Waals surface area contributed by atoms with Gasteiger partial charge in [-0.2, -0.15) is 0 Å². The number of benzene rings is 1. The van der Waals surface area contributed by atoms with Gasteiger partial charge in [0.2, 0.25) is 5.60 Å². The number of aliphatic hydroxyl groups is 1. The van der Waals surface area contributed by atoms with Crippen LogP contribution in [0.1, 0.15) is 25.1 Å². The molecule has 0 saturated heterocycles. The van der Waals surface area contributed by atoms with Crippen LogP contribution < -0.4 is 0 Å². The predicted octanol–water partition coefficient (Wildman–Crippen LogP) is 3.63. The Morgan fingerprint density at radius 1 is 1.36 bits per heavy atom. The van der Waals surface area contributed by atoms with E-state index in [1.165, 1.54) is 6.08 Å². The highest BCUT2D eigenvalue weighted by Gasteiger charge is 2.38. The molecular formula is C17H18BrNO3. The molecule has 0 unspecified atom stereocenters. The zero-order valence-corrected chi connectivity index (χ0v) is 14.0. The van der Waals surface area contributed by atoms with E-state index >= 15 is 0 Å². The minimum atomic E-state index is -1.85. The standard InChI is InChI=1S/C17H18BrNO3/c1-12(2)22-16(20)17(21,15-7-4-10-19-15)9-8-13-5-3-6-14(18)11-13/h3-12,19,21H,1-2H3/b9-8+/t17-/m1/s1. The van der Waals surface area contributed by atoms with Crippen LogP contribution in [0.25, 0.3) is 6.08 Å². The molecule has 4 nitrogen and oxygen atoms in total. The third-order valence-corrected chi connectivity index (χ3v) is 3.52. The zero-order valence-electron chi connectivity index (χ0n) is 12.4. The molecular weight excluding hydrogens is 346 g/mol. The van der Waals surface area contributed by atoms with Crippen LogP contribution in [0, 0.1) is 0 Å². The van der Waals surface area contributed by atoms with E-state index in [1.54, 1.807) is 38.3 Å². The highest BCUT2D eigenvalue weighted by atomic mass is 79.9. The second-order valence-electron chi connectivity index (χ2n) is 5.19. The first-order valence-corrected chi connectivity index (χ1v) is 7.73.